The average molecular weight is 423 g/mol. The minimum atomic E-state index is -4.61. The Morgan fingerprint density at radius 1 is 1.30 bits per heavy atom. The highest BCUT2D eigenvalue weighted by Gasteiger charge is 2.31. The summed E-state index contributed by atoms with van der Waals surface area (Å²) in [6, 6.07) is 5.49. The van der Waals surface area contributed by atoms with Crippen molar-refractivity contribution in [3.8, 4) is 5.88 Å². The number of rotatable bonds is 3. The topological polar surface area (TPSA) is 54.5 Å². The Labute approximate surface area is 171 Å². The van der Waals surface area contributed by atoms with E-state index < -0.39 is 17.6 Å². The molecular formula is C21H21F4N3O2. The molecular weight excluding hydrogens is 402 g/mol. The van der Waals surface area contributed by atoms with Crippen LogP contribution in [-0.4, -0.2) is 36.1 Å². The maximum atomic E-state index is 13.6. The Kier molecular flexibility index (Phi) is 6.28. The zero-order valence-electron chi connectivity index (χ0n) is 16.5. The standard InChI is InChI=1S/C21H21F4N3O2/c1-13-12-28(20(29)27-18-3-4-19(30-2)26-11-18)6-5-15(13)7-14-8-16(21(23,24)25)10-17(22)9-14/h3-4,7-11,13H,5-6,12H2,1-2H3,(H,27,29)/b15-7+. The normalized spacial score (nSPS) is 18.4. The highest BCUT2D eigenvalue weighted by atomic mass is 19.4. The van der Waals surface area contributed by atoms with Gasteiger partial charge >= 0.3 is 12.2 Å². The van der Waals surface area contributed by atoms with Gasteiger partial charge < -0.3 is 15.0 Å². The molecule has 1 unspecified atom stereocenters. The minimum Gasteiger partial charge on any atom is -0.481 e. The number of alkyl halides is 3. The molecule has 2 amide bonds. The molecule has 5 nitrogen and oxygen atoms in total. The molecule has 1 aromatic carbocycles. The number of nitrogens with one attached hydrogen (secondary N) is 1. The number of ether oxygens (including phenoxy) is 1. The van der Waals surface area contributed by atoms with Gasteiger partial charge in [-0.1, -0.05) is 18.6 Å². The number of hydrogen-bond donors (Lipinski definition) is 1. The summed E-state index contributed by atoms with van der Waals surface area (Å²) in [5.74, 6) is -0.592. The van der Waals surface area contributed by atoms with E-state index in [1.54, 1.807) is 23.1 Å². The number of likely N-dealkylation sites (tertiary alicyclic amines) is 1. The van der Waals surface area contributed by atoms with Gasteiger partial charge in [-0.25, -0.2) is 14.2 Å². The minimum absolute atomic E-state index is 0.0869. The molecule has 160 valence electrons. The Morgan fingerprint density at radius 2 is 2.07 bits per heavy atom. The zero-order chi connectivity index (χ0) is 21.9. The second-order valence-electron chi connectivity index (χ2n) is 7.11. The number of carbonyl (C=O) groups excluding carboxylic acids is 1. The Bertz CT molecular complexity index is 942. The molecule has 0 radical (unpaired) electrons. The monoisotopic (exact) mass is 423 g/mol. The lowest BCUT2D eigenvalue weighted by Gasteiger charge is -2.33. The summed E-state index contributed by atoms with van der Waals surface area (Å²) in [5, 5.41) is 2.75. The number of pyridine rings is 1. The van der Waals surface area contributed by atoms with Crippen molar-refractivity contribution in [3.05, 3.63) is 59.0 Å². The summed E-state index contributed by atoms with van der Waals surface area (Å²) in [4.78, 5) is 18.1. The second-order valence-corrected chi connectivity index (χ2v) is 7.11. The molecule has 30 heavy (non-hydrogen) atoms. The fraction of sp³-hybridized carbons (Fsp3) is 0.333. The lowest BCUT2D eigenvalue weighted by Crippen LogP contribution is -2.42. The Balaban J connectivity index is 1.67. The molecule has 1 aliphatic rings. The number of hydrogen-bond acceptors (Lipinski definition) is 3. The lowest BCUT2D eigenvalue weighted by molar-refractivity contribution is -0.137. The lowest BCUT2D eigenvalue weighted by atomic mass is 9.91. The van der Waals surface area contributed by atoms with Crippen molar-refractivity contribution >= 4 is 17.8 Å². The molecule has 1 aromatic heterocycles. The van der Waals surface area contributed by atoms with E-state index in [1.165, 1.54) is 13.3 Å². The van der Waals surface area contributed by atoms with Gasteiger partial charge in [0.2, 0.25) is 5.88 Å². The maximum Gasteiger partial charge on any atom is 0.416 e. The van der Waals surface area contributed by atoms with Crippen LogP contribution in [0.5, 0.6) is 5.88 Å². The van der Waals surface area contributed by atoms with Crippen molar-refractivity contribution in [2.75, 3.05) is 25.5 Å². The summed E-state index contributed by atoms with van der Waals surface area (Å²) >= 11 is 0. The number of nitrogens with zero attached hydrogens (tertiary/aromatic N) is 2. The van der Waals surface area contributed by atoms with Crippen molar-refractivity contribution < 1.29 is 27.1 Å². The average Bonchev–Trinajstić information content (AvgIpc) is 2.69. The van der Waals surface area contributed by atoms with Crippen LogP contribution in [0.1, 0.15) is 24.5 Å². The van der Waals surface area contributed by atoms with E-state index in [9.17, 15) is 22.4 Å². The first-order valence-electron chi connectivity index (χ1n) is 9.30. The van der Waals surface area contributed by atoms with Crippen LogP contribution in [0, 0.1) is 11.7 Å². The molecule has 2 heterocycles. The summed E-state index contributed by atoms with van der Waals surface area (Å²) in [5.41, 5.74) is 0.524. The van der Waals surface area contributed by atoms with Gasteiger partial charge in [-0.3, -0.25) is 0 Å². The van der Waals surface area contributed by atoms with Gasteiger partial charge in [-0.15, -0.1) is 0 Å². The van der Waals surface area contributed by atoms with Crippen LogP contribution in [0.25, 0.3) is 6.08 Å². The van der Waals surface area contributed by atoms with Crippen LogP contribution in [0.2, 0.25) is 0 Å². The van der Waals surface area contributed by atoms with E-state index in [2.05, 4.69) is 10.3 Å². The van der Waals surface area contributed by atoms with Crippen LogP contribution >= 0.6 is 0 Å². The largest absolute Gasteiger partial charge is 0.481 e. The van der Waals surface area contributed by atoms with Gasteiger partial charge in [-0.2, -0.15) is 13.2 Å². The number of benzene rings is 1. The first kappa shape index (κ1) is 21.6. The van der Waals surface area contributed by atoms with Crippen molar-refractivity contribution in [3.63, 3.8) is 0 Å². The van der Waals surface area contributed by atoms with Gasteiger partial charge in [0, 0.05) is 19.2 Å². The number of halogens is 4. The number of piperidine rings is 1. The van der Waals surface area contributed by atoms with E-state index in [4.69, 9.17) is 4.74 Å². The maximum absolute atomic E-state index is 13.6. The molecule has 0 saturated carbocycles. The highest BCUT2D eigenvalue weighted by molar-refractivity contribution is 5.89. The van der Waals surface area contributed by atoms with Crippen LogP contribution in [0.15, 0.2) is 42.1 Å². The number of amides is 2. The Hall–Kier alpha value is -3.10. The van der Waals surface area contributed by atoms with Gasteiger partial charge in [0.15, 0.2) is 0 Å². The zero-order valence-corrected chi connectivity index (χ0v) is 16.5. The summed E-state index contributed by atoms with van der Waals surface area (Å²) in [6.45, 7) is 2.67. The number of urea groups is 1. The molecule has 3 rings (SSSR count). The van der Waals surface area contributed by atoms with E-state index in [1.807, 2.05) is 6.92 Å². The SMILES string of the molecule is COc1ccc(NC(=O)N2CC/C(=C\c3cc(F)cc(C(F)(F)F)c3)C(C)C2)cn1. The van der Waals surface area contributed by atoms with Crippen molar-refractivity contribution in [1.29, 1.82) is 0 Å². The molecule has 0 spiro atoms. The van der Waals surface area contributed by atoms with E-state index >= 15 is 0 Å². The van der Waals surface area contributed by atoms with Crippen LogP contribution in [0.4, 0.5) is 28.0 Å². The molecule has 1 aliphatic heterocycles. The van der Waals surface area contributed by atoms with Gasteiger partial charge in [-0.05, 0) is 42.2 Å². The first-order valence-corrected chi connectivity index (χ1v) is 9.30. The van der Waals surface area contributed by atoms with Crippen molar-refractivity contribution in [2.24, 2.45) is 5.92 Å². The van der Waals surface area contributed by atoms with Gasteiger partial charge in [0.1, 0.15) is 5.82 Å². The van der Waals surface area contributed by atoms with Gasteiger partial charge in [0.05, 0.1) is 24.6 Å². The quantitative estimate of drug-likeness (QED) is 0.690. The molecule has 1 saturated heterocycles. The number of anilines is 1. The summed E-state index contributed by atoms with van der Waals surface area (Å²) in [6.07, 6.45) is -1.07. The van der Waals surface area contributed by atoms with E-state index in [0.29, 0.717) is 37.1 Å². The van der Waals surface area contributed by atoms with Crippen LogP contribution in [-0.2, 0) is 6.18 Å². The number of aromatic nitrogens is 1. The molecule has 1 N–H and O–H groups in total. The molecule has 1 fully saturated rings. The second kappa shape index (κ2) is 8.73. The molecule has 0 bridgehead atoms. The van der Waals surface area contributed by atoms with Crippen molar-refractivity contribution in [2.45, 2.75) is 19.5 Å². The first-order chi connectivity index (χ1) is 14.2. The fourth-order valence-corrected chi connectivity index (χ4v) is 3.30. The molecule has 0 aliphatic carbocycles. The van der Waals surface area contributed by atoms with Crippen molar-refractivity contribution in [1.82, 2.24) is 9.88 Å². The van der Waals surface area contributed by atoms with Crippen LogP contribution < -0.4 is 10.1 Å². The third-order valence-electron chi connectivity index (χ3n) is 4.88. The van der Waals surface area contributed by atoms with E-state index in [-0.39, 0.29) is 17.5 Å². The third kappa shape index (κ3) is 5.28. The Morgan fingerprint density at radius 3 is 2.67 bits per heavy atom. The van der Waals surface area contributed by atoms with Gasteiger partial charge in [0.25, 0.3) is 0 Å². The summed E-state index contributed by atoms with van der Waals surface area (Å²) in [7, 11) is 1.49. The molecule has 2 aromatic rings. The summed E-state index contributed by atoms with van der Waals surface area (Å²) < 4.78 is 57.3. The molecule has 1 atom stereocenters. The predicted molar refractivity (Wildman–Crippen MR) is 105 cm³/mol. The fourth-order valence-electron chi connectivity index (χ4n) is 3.30. The third-order valence-corrected chi connectivity index (χ3v) is 4.88. The smallest absolute Gasteiger partial charge is 0.416 e. The van der Waals surface area contributed by atoms with E-state index in [0.717, 1.165) is 17.7 Å². The van der Waals surface area contributed by atoms with Crippen LogP contribution in [0.3, 0.4) is 0 Å². The predicted octanol–water partition coefficient (Wildman–Crippen LogP) is 5.21. The number of carbonyl (C=O) groups is 1. The number of methoxy groups -OCH3 is 1. The highest BCUT2D eigenvalue weighted by Crippen LogP contribution is 2.32. The molecule has 9 heteroatoms.